The smallest absolute Gasteiger partial charge is 0.310 e. The molecule has 5 nitrogen and oxygen atoms in total. The molecule has 0 aliphatic rings. The van der Waals surface area contributed by atoms with E-state index in [4.69, 9.17) is 0 Å². The Morgan fingerprint density at radius 2 is 2.25 bits per heavy atom. The fourth-order valence-electron chi connectivity index (χ4n) is 0.322. The molecular weight excluding hydrogens is 181 g/mol. The molecule has 1 N–H and O–H groups in total. The summed E-state index contributed by atoms with van der Waals surface area (Å²) in [6.45, 7) is 6.82. The predicted molar refractivity (Wildman–Crippen MR) is 44.7 cm³/mol. The van der Waals surface area contributed by atoms with Gasteiger partial charge in [0, 0.05) is 5.57 Å². The molecule has 1 unspecified atom stereocenters. The van der Waals surface area contributed by atoms with Crippen molar-refractivity contribution in [3.8, 4) is 0 Å². The molecular formula is C6H12NO4P. The Morgan fingerprint density at radius 1 is 1.67 bits per heavy atom. The van der Waals surface area contributed by atoms with Crippen molar-refractivity contribution in [2.75, 3.05) is 6.61 Å². The molecule has 12 heavy (non-hydrogen) atoms. The number of hydroxylamine groups is 1. The molecule has 0 rings (SSSR count). The van der Waals surface area contributed by atoms with Crippen LogP contribution in [0.25, 0.3) is 0 Å². The second kappa shape index (κ2) is 5.94. The maximum Gasteiger partial charge on any atom is 0.340 e. The lowest BCUT2D eigenvalue weighted by atomic mass is 10.3. The number of nitrogens with one attached hydrogen (secondary N) is 1. The van der Waals surface area contributed by atoms with Crippen LogP contribution in [0, 0.1) is 0 Å². The molecule has 70 valence electrons. The monoisotopic (exact) mass is 193 g/mol. The second-order valence-corrected chi connectivity index (χ2v) is 2.99. The summed E-state index contributed by atoms with van der Waals surface area (Å²) in [4.78, 5) is 10.7. The average Bonchev–Trinajstić information content (AvgIpc) is 2.00. The van der Waals surface area contributed by atoms with Crippen LogP contribution in [0.15, 0.2) is 12.2 Å². The summed E-state index contributed by atoms with van der Waals surface area (Å²) in [6.07, 6.45) is 0. The quantitative estimate of drug-likeness (QED) is 0.402. The van der Waals surface area contributed by atoms with Crippen molar-refractivity contribution in [1.29, 1.82) is 0 Å². The molecule has 0 aromatic rings. The first-order chi connectivity index (χ1) is 5.57. The number of carbonyl (C=O) groups is 1. The number of hydrogen-bond acceptors (Lipinski definition) is 4. The first kappa shape index (κ1) is 11.4. The van der Waals surface area contributed by atoms with Gasteiger partial charge in [0.1, 0.15) is 0 Å². The van der Waals surface area contributed by atoms with Gasteiger partial charge in [-0.1, -0.05) is 6.58 Å². The number of amides is 1. The van der Waals surface area contributed by atoms with Gasteiger partial charge in [0.15, 0.2) is 0 Å². The third kappa shape index (κ3) is 5.07. The minimum atomic E-state index is -2.59. The molecule has 0 bridgehead atoms. The Labute approximate surface area is 71.6 Å². The molecule has 0 fully saturated rings. The van der Waals surface area contributed by atoms with Gasteiger partial charge in [-0.3, -0.25) is 9.36 Å². The molecule has 0 saturated carbocycles. The van der Waals surface area contributed by atoms with Crippen LogP contribution in [0.1, 0.15) is 13.8 Å². The van der Waals surface area contributed by atoms with E-state index in [-0.39, 0.29) is 12.2 Å². The van der Waals surface area contributed by atoms with Gasteiger partial charge in [-0.15, -0.1) is 0 Å². The SMILES string of the molecule is C=C(C)C(=O)NO[PH](=O)OCC. The molecule has 0 saturated heterocycles. The van der Waals surface area contributed by atoms with Crippen molar-refractivity contribution in [1.82, 2.24) is 5.48 Å². The Bertz CT molecular complexity index is 204. The van der Waals surface area contributed by atoms with E-state index in [9.17, 15) is 9.36 Å². The maximum absolute atomic E-state index is 10.7. The summed E-state index contributed by atoms with van der Waals surface area (Å²) in [6, 6.07) is 0. The Kier molecular flexibility index (Phi) is 5.62. The molecule has 1 atom stereocenters. The molecule has 0 aliphatic heterocycles. The molecule has 0 heterocycles. The zero-order chi connectivity index (χ0) is 9.56. The van der Waals surface area contributed by atoms with Crippen LogP contribution in [-0.2, 0) is 18.5 Å². The number of rotatable bonds is 5. The standard InChI is InChI=1S/C6H12NO4P/c1-4-10-12(9)11-7-6(8)5(2)3/h12H,2,4H2,1,3H3,(H,7,8). The molecule has 0 aromatic heterocycles. The van der Waals surface area contributed by atoms with Crippen molar-refractivity contribution in [2.45, 2.75) is 13.8 Å². The van der Waals surface area contributed by atoms with Gasteiger partial charge in [-0.05, 0) is 13.8 Å². The number of hydrogen-bond donors (Lipinski definition) is 1. The summed E-state index contributed by atoms with van der Waals surface area (Å²) in [5, 5.41) is 0. The zero-order valence-corrected chi connectivity index (χ0v) is 8.05. The van der Waals surface area contributed by atoms with E-state index in [2.05, 4.69) is 15.7 Å². The predicted octanol–water partition coefficient (Wildman–Crippen LogP) is 1.04. The van der Waals surface area contributed by atoms with Crippen LogP contribution in [0.2, 0.25) is 0 Å². The topological polar surface area (TPSA) is 64.6 Å². The highest BCUT2D eigenvalue weighted by molar-refractivity contribution is 7.33. The Hall–Kier alpha value is -0.640. The first-order valence-electron chi connectivity index (χ1n) is 3.37. The molecule has 0 radical (unpaired) electrons. The maximum atomic E-state index is 10.7. The van der Waals surface area contributed by atoms with Crippen molar-refractivity contribution in [2.24, 2.45) is 0 Å². The van der Waals surface area contributed by atoms with E-state index in [1.165, 1.54) is 6.92 Å². The van der Waals surface area contributed by atoms with Crippen molar-refractivity contribution < 1.29 is 18.5 Å². The lowest BCUT2D eigenvalue weighted by Crippen LogP contribution is -2.21. The van der Waals surface area contributed by atoms with Gasteiger partial charge < -0.3 is 4.52 Å². The zero-order valence-electron chi connectivity index (χ0n) is 7.05. The van der Waals surface area contributed by atoms with Gasteiger partial charge >= 0.3 is 8.25 Å². The Balaban J connectivity index is 3.61. The highest BCUT2D eigenvalue weighted by atomic mass is 31.1. The summed E-state index contributed by atoms with van der Waals surface area (Å²) in [5.74, 6) is -0.506. The lowest BCUT2D eigenvalue weighted by Gasteiger charge is -2.03. The normalized spacial score (nSPS) is 12.2. The van der Waals surface area contributed by atoms with E-state index >= 15 is 0 Å². The van der Waals surface area contributed by atoms with Crippen molar-refractivity contribution >= 4 is 14.2 Å². The van der Waals surface area contributed by atoms with Gasteiger partial charge in [0.05, 0.1) is 6.61 Å². The fraction of sp³-hybridized carbons (Fsp3) is 0.500. The molecule has 0 spiro atoms. The van der Waals surface area contributed by atoms with Gasteiger partial charge in [0.25, 0.3) is 5.91 Å². The van der Waals surface area contributed by atoms with Crippen LogP contribution in [0.5, 0.6) is 0 Å². The minimum absolute atomic E-state index is 0.279. The average molecular weight is 193 g/mol. The van der Waals surface area contributed by atoms with Gasteiger partial charge in [-0.25, -0.2) is 5.48 Å². The van der Waals surface area contributed by atoms with Crippen LogP contribution in [0.3, 0.4) is 0 Å². The van der Waals surface area contributed by atoms with E-state index in [0.29, 0.717) is 0 Å². The summed E-state index contributed by atoms with van der Waals surface area (Å²) in [5.41, 5.74) is 2.21. The number of carbonyl (C=O) groups excluding carboxylic acids is 1. The van der Waals surface area contributed by atoms with Crippen LogP contribution >= 0.6 is 8.25 Å². The van der Waals surface area contributed by atoms with E-state index < -0.39 is 14.2 Å². The van der Waals surface area contributed by atoms with Gasteiger partial charge in [0.2, 0.25) is 0 Å². The van der Waals surface area contributed by atoms with Crippen LogP contribution < -0.4 is 5.48 Å². The highest BCUT2D eigenvalue weighted by Crippen LogP contribution is 2.20. The first-order valence-corrected chi connectivity index (χ1v) is 4.59. The summed E-state index contributed by atoms with van der Waals surface area (Å²) < 4.78 is 19.6. The minimum Gasteiger partial charge on any atom is -0.310 e. The van der Waals surface area contributed by atoms with E-state index in [1.54, 1.807) is 6.92 Å². The van der Waals surface area contributed by atoms with Crippen molar-refractivity contribution in [3.05, 3.63) is 12.2 Å². The highest BCUT2D eigenvalue weighted by Gasteiger charge is 2.03. The van der Waals surface area contributed by atoms with E-state index in [1.807, 2.05) is 5.48 Å². The molecule has 0 aliphatic carbocycles. The summed E-state index contributed by atoms with van der Waals surface area (Å²) >= 11 is 0. The second-order valence-electron chi connectivity index (χ2n) is 2.00. The molecule has 6 heteroatoms. The molecule has 0 aromatic carbocycles. The van der Waals surface area contributed by atoms with Crippen LogP contribution in [-0.4, -0.2) is 12.5 Å². The Morgan fingerprint density at radius 3 is 2.67 bits per heavy atom. The largest absolute Gasteiger partial charge is 0.340 e. The van der Waals surface area contributed by atoms with Crippen LogP contribution in [0.4, 0.5) is 0 Å². The fourth-order valence-corrected chi connectivity index (χ4v) is 0.793. The van der Waals surface area contributed by atoms with Gasteiger partial charge in [-0.2, -0.15) is 4.62 Å². The third-order valence-corrected chi connectivity index (χ3v) is 1.67. The molecule has 1 amide bonds. The van der Waals surface area contributed by atoms with Crippen molar-refractivity contribution in [3.63, 3.8) is 0 Å². The third-order valence-electron chi connectivity index (χ3n) is 0.877. The summed E-state index contributed by atoms with van der Waals surface area (Å²) in [7, 11) is -2.59. The van der Waals surface area contributed by atoms with E-state index in [0.717, 1.165) is 0 Å². The lowest BCUT2D eigenvalue weighted by molar-refractivity contribution is -0.123.